The molecule has 0 saturated carbocycles. The number of nitrogens with one attached hydrogen (secondary N) is 1. The van der Waals surface area contributed by atoms with E-state index in [2.05, 4.69) is 14.9 Å². The molecule has 0 spiro atoms. The third-order valence-electron chi connectivity index (χ3n) is 6.11. The van der Waals surface area contributed by atoms with Gasteiger partial charge in [0.05, 0.1) is 11.3 Å². The topological polar surface area (TPSA) is 95.4 Å². The highest BCUT2D eigenvalue weighted by atomic mass is 16.6. The second kappa shape index (κ2) is 7.96. The zero-order valence-corrected chi connectivity index (χ0v) is 17.7. The van der Waals surface area contributed by atoms with Crippen LogP contribution in [0.2, 0.25) is 0 Å². The SMILES string of the molecule is Cc1cc(N2CCN(C(=O)Cc3c[nH]c4ccccc34)CC2)c2cccc([N+](=O)[O-])c2n1. The number of anilines is 1. The Kier molecular flexibility index (Phi) is 4.97. The summed E-state index contributed by atoms with van der Waals surface area (Å²) in [6.07, 6.45) is 2.28. The molecule has 5 rings (SSSR count). The van der Waals surface area contributed by atoms with E-state index in [4.69, 9.17) is 0 Å². The van der Waals surface area contributed by atoms with Gasteiger partial charge in [0.2, 0.25) is 5.91 Å². The Labute approximate surface area is 184 Å². The average molecular weight is 429 g/mol. The van der Waals surface area contributed by atoms with Crippen LogP contribution in [-0.2, 0) is 11.2 Å². The van der Waals surface area contributed by atoms with Gasteiger partial charge in [0.1, 0.15) is 0 Å². The maximum Gasteiger partial charge on any atom is 0.295 e. The first-order valence-electron chi connectivity index (χ1n) is 10.6. The summed E-state index contributed by atoms with van der Waals surface area (Å²) in [5.41, 5.74) is 4.13. The van der Waals surface area contributed by atoms with E-state index >= 15 is 0 Å². The molecular formula is C24H23N5O3. The molecule has 4 aromatic rings. The predicted molar refractivity (Wildman–Crippen MR) is 124 cm³/mol. The number of aromatic nitrogens is 2. The van der Waals surface area contributed by atoms with E-state index in [9.17, 15) is 14.9 Å². The summed E-state index contributed by atoms with van der Waals surface area (Å²) in [6.45, 7) is 4.40. The van der Waals surface area contributed by atoms with Crippen molar-refractivity contribution in [3.63, 3.8) is 0 Å². The number of hydrogen-bond donors (Lipinski definition) is 1. The van der Waals surface area contributed by atoms with Crippen molar-refractivity contribution in [2.75, 3.05) is 31.1 Å². The Morgan fingerprint density at radius 1 is 1.09 bits per heavy atom. The molecule has 8 heteroatoms. The number of nitro benzene ring substituents is 1. The molecule has 2 aromatic heterocycles. The third-order valence-corrected chi connectivity index (χ3v) is 6.11. The Bertz CT molecular complexity index is 1340. The number of para-hydroxylation sites is 2. The van der Waals surface area contributed by atoms with Crippen LogP contribution < -0.4 is 4.90 Å². The number of nitro groups is 1. The Morgan fingerprint density at radius 3 is 2.62 bits per heavy atom. The molecule has 1 aliphatic heterocycles. The number of aromatic amines is 1. The van der Waals surface area contributed by atoms with Gasteiger partial charge in [-0.25, -0.2) is 4.98 Å². The summed E-state index contributed by atoms with van der Waals surface area (Å²) in [7, 11) is 0. The Hall–Kier alpha value is -3.94. The monoisotopic (exact) mass is 429 g/mol. The molecule has 0 bridgehead atoms. The normalized spacial score (nSPS) is 14.3. The van der Waals surface area contributed by atoms with Crippen molar-refractivity contribution in [2.45, 2.75) is 13.3 Å². The number of amides is 1. The van der Waals surface area contributed by atoms with Crippen molar-refractivity contribution in [3.8, 4) is 0 Å². The van der Waals surface area contributed by atoms with Gasteiger partial charge in [-0.15, -0.1) is 0 Å². The smallest absolute Gasteiger partial charge is 0.295 e. The lowest BCUT2D eigenvalue weighted by molar-refractivity contribution is -0.383. The zero-order chi connectivity index (χ0) is 22.2. The van der Waals surface area contributed by atoms with E-state index in [1.54, 1.807) is 6.07 Å². The summed E-state index contributed by atoms with van der Waals surface area (Å²) in [4.78, 5) is 35.8. The van der Waals surface area contributed by atoms with E-state index in [0.717, 1.165) is 33.2 Å². The summed E-state index contributed by atoms with van der Waals surface area (Å²) in [5.74, 6) is 0.112. The van der Waals surface area contributed by atoms with Gasteiger partial charge in [-0.05, 0) is 24.6 Å². The summed E-state index contributed by atoms with van der Waals surface area (Å²) < 4.78 is 0. The molecule has 162 valence electrons. The van der Waals surface area contributed by atoms with E-state index in [1.807, 2.05) is 54.4 Å². The number of carbonyl (C=O) groups excluding carboxylic acids is 1. The number of carbonyl (C=O) groups is 1. The number of hydrogen-bond acceptors (Lipinski definition) is 5. The highest BCUT2D eigenvalue weighted by Crippen LogP contribution is 2.32. The van der Waals surface area contributed by atoms with Crippen molar-refractivity contribution in [3.05, 3.63) is 76.1 Å². The largest absolute Gasteiger partial charge is 0.367 e. The highest BCUT2D eigenvalue weighted by molar-refractivity contribution is 5.97. The lowest BCUT2D eigenvalue weighted by Crippen LogP contribution is -2.49. The second-order valence-electron chi connectivity index (χ2n) is 8.12. The molecule has 32 heavy (non-hydrogen) atoms. The fourth-order valence-electron chi connectivity index (χ4n) is 4.50. The Morgan fingerprint density at radius 2 is 1.84 bits per heavy atom. The summed E-state index contributed by atoms with van der Waals surface area (Å²) >= 11 is 0. The number of non-ortho nitro benzene ring substituents is 1. The minimum Gasteiger partial charge on any atom is -0.367 e. The molecule has 8 nitrogen and oxygen atoms in total. The van der Waals surface area contributed by atoms with E-state index in [-0.39, 0.29) is 16.5 Å². The standard InChI is InChI=1S/C24H23N5O3/c1-16-13-22(19-6-4-8-21(29(31)32)24(19)26-16)27-9-11-28(12-10-27)23(30)14-17-15-25-20-7-3-2-5-18(17)20/h2-8,13,15,25H,9-12,14H2,1H3. The Balaban J connectivity index is 1.33. The van der Waals surface area contributed by atoms with Gasteiger partial charge in [0.15, 0.2) is 5.52 Å². The molecule has 1 amide bonds. The van der Waals surface area contributed by atoms with Crippen molar-refractivity contribution < 1.29 is 9.72 Å². The lowest BCUT2D eigenvalue weighted by Gasteiger charge is -2.36. The van der Waals surface area contributed by atoms with Crippen LogP contribution in [0, 0.1) is 17.0 Å². The fourth-order valence-corrected chi connectivity index (χ4v) is 4.50. The first-order chi connectivity index (χ1) is 15.5. The van der Waals surface area contributed by atoms with Crippen LogP contribution in [0.25, 0.3) is 21.8 Å². The van der Waals surface area contributed by atoms with Crippen LogP contribution >= 0.6 is 0 Å². The van der Waals surface area contributed by atoms with Gasteiger partial charge in [-0.1, -0.05) is 30.3 Å². The van der Waals surface area contributed by atoms with Gasteiger partial charge in [-0.2, -0.15) is 0 Å². The van der Waals surface area contributed by atoms with E-state index in [1.165, 1.54) is 6.07 Å². The minimum absolute atomic E-state index is 0.0139. The number of piperazine rings is 1. The molecule has 1 N–H and O–H groups in total. The number of nitrogens with zero attached hydrogens (tertiary/aromatic N) is 4. The third kappa shape index (κ3) is 3.53. The van der Waals surface area contributed by atoms with Gasteiger partial charge in [-0.3, -0.25) is 14.9 Å². The fraction of sp³-hybridized carbons (Fsp3) is 0.250. The number of pyridine rings is 1. The van der Waals surface area contributed by atoms with Crippen molar-refractivity contribution in [2.24, 2.45) is 0 Å². The maximum atomic E-state index is 12.9. The molecule has 2 aromatic carbocycles. The molecule has 0 aliphatic carbocycles. The quantitative estimate of drug-likeness (QED) is 0.393. The van der Waals surface area contributed by atoms with Crippen molar-refractivity contribution in [1.82, 2.24) is 14.9 Å². The molecule has 0 unspecified atom stereocenters. The molecule has 0 radical (unpaired) electrons. The molecule has 0 atom stereocenters. The first-order valence-corrected chi connectivity index (χ1v) is 10.6. The van der Waals surface area contributed by atoms with Crippen LogP contribution in [0.4, 0.5) is 11.4 Å². The van der Waals surface area contributed by atoms with Crippen LogP contribution in [0.3, 0.4) is 0 Å². The van der Waals surface area contributed by atoms with Crippen molar-refractivity contribution >= 4 is 39.1 Å². The minimum atomic E-state index is -0.389. The number of rotatable bonds is 4. The lowest BCUT2D eigenvalue weighted by atomic mass is 10.1. The summed E-state index contributed by atoms with van der Waals surface area (Å²) in [6, 6.07) is 15.0. The number of benzene rings is 2. The van der Waals surface area contributed by atoms with Crippen LogP contribution in [0.15, 0.2) is 54.7 Å². The maximum absolute atomic E-state index is 12.9. The van der Waals surface area contributed by atoms with Gasteiger partial charge < -0.3 is 14.8 Å². The van der Waals surface area contributed by atoms with Gasteiger partial charge in [0, 0.05) is 66.1 Å². The predicted octanol–water partition coefficient (Wildman–Crippen LogP) is 3.82. The average Bonchev–Trinajstić information content (AvgIpc) is 3.21. The van der Waals surface area contributed by atoms with E-state index < -0.39 is 0 Å². The highest BCUT2D eigenvalue weighted by Gasteiger charge is 2.25. The summed E-state index contributed by atoms with van der Waals surface area (Å²) in [5, 5.41) is 13.3. The van der Waals surface area contributed by atoms with Crippen LogP contribution in [0.5, 0.6) is 0 Å². The molecule has 1 saturated heterocycles. The molecule has 3 heterocycles. The van der Waals surface area contributed by atoms with Crippen molar-refractivity contribution in [1.29, 1.82) is 0 Å². The second-order valence-corrected chi connectivity index (χ2v) is 8.12. The van der Waals surface area contributed by atoms with Crippen LogP contribution in [-0.4, -0.2) is 51.9 Å². The number of H-pyrrole nitrogens is 1. The van der Waals surface area contributed by atoms with Crippen LogP contribution in [0.1, 0.15) is 11.3 Å². The number of aryl methyl sites for hydroxylation is 1. The van der Waals surface area contributed by atoms with Gasteiger partial charge >= 0.3 is 0 Å². The van der Waals surface area contributed by atoms with E-state index in [0.29, 0.717) is 38.1 Å². The van der Waals surface area contributed by atoms with Gasteiger partial charge in [0.25, 0.3) is 5.69 Å². The molecular weight excluding hydrogens is 406 g/mol. The number of fused-ring (bicyclic) bond motifs is 2. The molecule has 1 aliphatic rings. The first kappa shape index (κ1) is 20.0. The zero-order valence-electron chi connectivity index (χ0n) is 17.7. The molecule has 1 fully saturated rings.